The molecule has 3 aromatic rings. The molecule has 1 unspecified atom stereocenters. The lowest BCUT2D eigenvalue weighted by molar-refractivity contribution is 0.290. The molecule has 0 amide bonds. The van der Waals surface area contributed by atoms with E-state index in [1.807, 2.05) is 7.05 Å². The number of aryl methyl sites for hydroxylation is 1. The van der Waals surface area contributed by atoms with Crippen molar-refractivity contribution in [2.75, 3.05) is 18.5 Å². The topological polar surface area (TPSA) is 44.3 Å². The number of allylic oxidation sites excluding steroid dienone is 1. The molecule has 5 nitrogen and oxygen atoms in total. The van der Waals surface area contributed by atoms with Crippen LogP contribution in [-0.2, 0) is 13.0 Å². The number of aromatic nitrogens is 2. The summed E-state index contributed by atoms with van der Waals surface area (Å²) in [5.41, 5.74) is 8.17. The van der Waals surface area contributed by atoms with Crippen LogP contribution in [0.3, 0.4) is 0 Å². The first-order chi connectivity index (χ1) is 19.2. The largest absolute Gasteiger partial charge is 0.364 e. The van der Waals surface area contributed by atoms with Crippen molar-refractivity contribution >= 4 is 44.0 Å². The standard InChI is InChI=1S/C33H41N5S2/c1-21-11-8-9-16-37(21)30-13-10-12-28(36-30)19-31-35-22(2)33(39-31)26-17-27-20-38(23(3)25-14-15-25)24(4)32(27)29(18-26)40(6,7)34-5/h10,12-13,17-18,23,25,34H,1,4,6-9,11,14-16,19-20H2,2-3,5H3. The molecule has 1 saturated carbocycles. The summed E-state index contributed by atoms with van der Waals surface area (Å²) in [6, 6.07) is 11.5. The fourth-order valence-corrected chi connectivity index (χ4v) is 8.43. The van der Waals surface area contributed by atoms with Crippen molar-refractivity contribution < 1.29 is 0 Å². The first-order valence-corrected chi connectivity index (χ1v) is 17.1. The number of fused-ring (bicyclic) bond motifs is 1. The van der Waals surface area contributed by atoms with Gasteiger partial charge >= 0.3 is 0 Å². The van der Waals surface area contributed by atoms with Gasteiger partial charge in [-0.05, 0) is 94.3 Å². The highest BCUT2D eigenvalue weighted by Crippen LogP contribution is 2.48. The van der Waals surface area contributed by atoms with Crippen molar-refractivity contribution in [3.63, 3.8) is 0 Å². The van der Waals surface area contributed by atoms with E-state index in [1.165, 1.54) is 57.8 Å². The van der Waals surface area contributed by atoms with E-state index in [4.69, 9.17) is 9.97 Å². The summed E-state index contributed by atoms with van der Waals surface area (Å²) in [6.07, 6.45) is 6.81. The van der Waals surface area contributed by atoms with E-state index >= 15 is 0 Å². The minimum Gasteiger partial charge on any atom is -0.364 e. The Bertz CT molecular complexity index is 1590. The van der Waals surface area contributed by atoms with Gasteiger partial charge in [0.05, 0.1) is 15.6 Å². The number of thiazole rings is 1. The van der Waals surface area contributed by atoms with Gasteiger partial charge in [0.15, 0.2) is 0 Å². The van der Waals surface area contributed by atoms with Gasteiger partial charge in [0.1, 0.15) is 5.82 Å². The maximum atomic E-state index is 5.01. The molecule has 1 N–H and O–H groups in total. The van der Waals surface area contributed by atoms with Gasteiger partial charge in [0, 0.05) is 53.1 Å². The summed E-state index contributed by atoms with van der Waals surface area (Å²) in [7, 11) is 0.275. The molecule has 1 saturated heterocycles. The molecule has 210 valence electrons. The van der Waals surface area contributed by atoms with Crippen LogP contribution in [-0.4, -0.2) is 46.2 Å². The second kappa shape index (κ2) is 10.5. The summed E-state index contributed by atoms with van der Waals surface area (Å²) in [6.45, 7) is 15.2. The third-order valence-electron chi connectivity index (χ3n) is 8.75. The monoisotopic (exact) mass is 571 g/mol. The SMILES string of the molecule is C=C1CCCCN1c1cccc(Cc2nc(C)c(-c3cc4c(c(S(=C)(=C)NC)c3)C(=C)N(C(C)C3CC3)C4)s2)n1. The van der Waals surface area contributed by atoms with Crippen LogP contribution in [0.2, 0.25) is 0 Å². The molecule has 0 spiro atoms. The number of benzene rings is 1. The maximum Gasteiger partial charge on any atom is 0.132 e. The number of hydrogen-bond donors (Lipinski definition) is 1. The molecule has 1 aromatic carbocycles. The molecule has 3 aliphatic rings. The van der Waals surface area contributed by atoms with Crippen LogP contribution in [0.15, 0.2) is 54.1 Å². The van der Waals surface area contributed by atoms with Crippen molar-refractivity contribution in [3.05, 3.63) is 76.7 Å². The first-order valence-electron chi connectivity index (χ1n) is 14.3. The smallest absolute Gasteiger partial charge is 0.132 e. The highest BCUT2D eigenvalue weighted by Gasteiger charge is 2.37. The Labute approximate surface area is 244 Å². The fourth-order valence-electron chi connectivity index (χ4n) is 6.16. The number of hydrogen-bond acceptors (Lipinski definition) is 6. The van der Waals surface area contributed by atoms with Crippen molar-refractivity contribution in [2.24, 2.45) is 5.92 Å². The fraction of sp³-hybridized carbons (Fsp3) is 0.394. The summed E-state index contributed by atoms with van der Waals surface area (Å²) < 4.78 is 3.42. The number of pyridine rings is 1. The Morgan fingerprint density at radius 1 is 1.15 bits per heavy atom. The van der Waals surface area contributed by atoms with E-state index in [9.17, 15) is 0 Å². The average molecular weight is 572 g/mol. The molecule has 6 rings (SSSR count). The molecular weight excluding hydrogens is 531 g/mol. The number of anilines is 1. The average Bonchev–Trinajstić information content (AvgIpc) is 3.66. The third kappa shape index (κ3) is 5.04. The van der Waals surface area contributed by atoms with Crippen molar-refractivity contribution in [1.82, 2.24) is 19.6 Å². The van der Waals surface area contributed by atoms with Crippen LogP contribution in [0, 0.1) is 12.8 Å². The van der Waals surface area contributed by atoms with Crippen LogP contribution in [0.25, 0.3) is 16.1 Å². The molecule has 2 aromatic heterocycles. The Balaban J connectivity index is 1.33. The molecular formula is C33H41N5S2. The molecule has 7 heteroatoms. The molecule has 2 aliphatic heterocycles. The Morgan fingerprint density at radius 3 is 2.67 bits per heavy atom. The summed E-state index contributed by atoms with van der Waals surface area (Å²) >= 11 is 1.77. The van der Waals surface area contributed by atoms with Crippen LogP contribution in [0.5, 0.6) is 0 Å². The Hall–Kier alpha value is -2.87. The number of nitrogens with one attached hydrogen (secondary N) is 1. The van der Waals surface area contributed by atoms with Crippen LogP contribution in [0.1, 0.15) is 66.6 Å². The zero-order valence-electron chi connectivity index (χ0n) is 24.1. The van der Waals surface area contributed by atoms with Gasteiger partial charge in [0.25, 0.3) is 0 Å². The van der Waals surface area contributed by atoms with Gasteiger partial charge in [0.2, 0.25) is 0 Å². The van der Waals surface area contributed by atoms with E-state index in [1.54, 1.807) is 11.3 Å². The number of piperidine rings is 1. The lowest BCUT2D eigenvalue weighted by Crippen LogP contribution is -2.28. The van der Waals surface area contributed by atoms with E-state index < -0.39 is 9.39 Å². The van der Waals surface area contributed by atoms with Crippen molar-refractivity contribution in [1.29, 1.82) is 0 Å². The predicted molar refractivity (Wildman–Crippen MR) is 176 cm³/mol. The lowest BCUT2D eigenvalue weighted by atomic mass is 10.0. The van der Waals surface area contributed by atoms with E-state index in [-0.39, 0.29) is 0 Å². The minimum atomic E-state index is -1.69. The lowest BCUT2D eigenvalue weighted by Gasteiger charge is -2.30. The first kappa shape index (κ1) is 27.3. The highest BCUT2D eigenvalue weighted by molar-refractivity contribution is 8.26. The summed E-state index contributed by atoms with van der Waals surface area (Å²) in [4.78, 5) is 17.2. The van der Waals surface area contributed by atoms with Gasteiger partial charge in [-0.25, -0.2) is 9.97 Å². The minimum absolute atomic E-state index is 0.506. The third-order valence-corrected chi connectivity index (χ3v) is 11.9. The Kier molecular flexibility index (Phi) is 7.18. The summed E-state index contributed by atoms with van der Waals surface area (Å²) in [5, 5.41) is 1.08. The number of nitrogens with zero attached hydrogens (tertiary/aromatic N) is 4. The quantitative estimate of drug-likeness (QED) is 0.286. The van der Waals surface area contributed by atoms with E-state index in [2.05, 4.69) is 83.6 Å². The van der Waals surface area contributed by atoms with Gasteiger partial charge in [-0.3, -0.25) is 4.72 Å². The summed E-state index contributed by atoms with van der Waals surface area (Å²) in [5.74, 6) is 10.8. The molecule has 1 atom stereocenters. The van der Waals surface area contributed by atoms with Gasteiger partial charge in [-0.1, -0.05) is 31.0 Å². The van der Waals surface area contributed by atoms with E-state index in [0.717, 1.165) is 59.8 Å². The molecule has 1 aliphatic carbocycles. The second-order valence-corrected chi connectivity index (χ2v) is 15.3. The zero-order chi connectivity index (χ0) is 28.2. The normalized spacial score (nSPS) is 18.4. The predicted octanol–water partition coefficient (Wildman–Crippen LogP) is 7.36. The molecule has 0 bridgehead atoms. The van der Waals surface area contributed by atoms with Crippen LogP contribution < -0.4 is 9.62 Å². The van der Waals surface area contributed by atoms with Crippen molar-refractivity contribution in [2.45, 2.75) is 69.9 Å². The maximum absolute atomic E-state index is 5.01. The zero-order valence-corrected chi connectivity index (χ0v) is 25.8. The van der Waals surface area contributed by atoms with Crippen molar-refractivity contribution in [3.8, 4) is 10.4 Å². The highest BCUT2D eigenvalue weighted by atomic mass is 32.2. The molecule has 0 radical (unpaired) electrons. The Morgan fingerprint density at radius 2 is 1.95 bits per heavy atom. The van der Waals surface area contributed by atoms with Gasteiger partial charge < -0.3 is 9.80 Å². The molecule has 40 heavy (non-hydrogen) atoms. The van der Waals surface area contributed by atoms with Crippen LogP contribution >= 0.6 is 20.7 Å². The molecule has 4 heterocycles. The molecule has 2 fully saturated rings. The van der Waals surface area contributed by atoms with Gasteiger partial charge in [-0.15, -0.1) is 20.7 Å². The number of rotatable bonds is 8. The van der Waals surface area contributed by atoms with Gasteiger partial charge in [-0.2, -0.15) is 0 Å². The van der Waals surface area contributed by atoms with Crippen LogP contribution in [0.4, 0.5) is 5.82 Å². The second-order valence-electron chi connectivity index (χ2n) is 11.6. The van der Waals surface area contributed by atoms with E-state index in [0.29, 0.717) is 6.04 Å².